The van der Waals surface area contributed by atoms with Crippen molar-refractivity contribution in [2.24, 2.45) is 5.73 Å². The fourth-order valence-corrected chi connectivity index (χ4v) is 3.08. The van der Waals surface area contributed by atoms with Crippen LogP contribution in [0.2, 0.25) is 0 Å². The average Bonchev–Trinajstić information content (AvgIpc) is 3.11. The number of methoxy groups -OCH3 is 1. The number of amides is 1. The Hall–Kier alpha value is -1.92. The minimum Gasteiger partial charge on any atom is -0.465 e. The molecule has 0 saturated heterocycles. The van der Waals surface area contributed by atoms with E-state index in [1.807, 2.05) is 24.3 Å². The third kappa shape index (κ3) is 2.07. The van der Waals surface area contributed by atoms with Gasteiger partial charge in [-0.3, -0.25) is 4.79 Å². The average molecular weight is 290 g/mol. The lowest BCUT2D eigenvalue weighted by molar-refractivity contribution is -0.118. The highest BCUT2D eigenvalue weighted by atomic mass is 32.1. The molecule has 3 rings (SSSR count). The molecule has 1 aliphatic rings. The predicted octanol–water partition coefficient (Wildman–Crippen LogP) is 2.12. The van der Waals surface area contributed by atoms with E-state index in [9.17, 15) is 9.59 Å². The molecular weight excluding hydrogens is 276 g/mol. The third-order valence-corrected chi connectivity index (χ3v) is 4.60. The summed E-state index contributed by atoms with van der Waals surface area (Å²) < 4.78 is 5.70. The summed E-state index contributed by atoms with van der Waals surface area (Å²) in [6, 6.07) is 7.51. The Morgan fingerprint density at radius 1 is 1.35 bits per heavy atom. The normalized spacial score (nSPS) is 15.9. The van der Waals surface area contributed by atoms with Crippen LogP contribution in [0.5, 0.6) is 0 Å². The number of esters is 1. The molecule has 0 bridgehead atoms. The highest BCUT2D eigenvalue weighted by molar-refractivity contribution is 7.21. The van der Waals surface area contributed by atoms with Gasteiger partial charge in [0.2, 0.25) is 5.91 Å². The molecule has 1 saturated carbocycles. The van der Waals surface area contributed by atoms with Gasteiger partial charge in [-0.15, -0.1) is 11.3 Å². The summed E-state index contributed by atoms with van der Waals surface area (Å²) >= 11 is 1.30. The molecule has 6 heteroatoms. The zero-order chi connectivity index (χ0) is 14.3. The molecule has 0 radical (unpaired) electrons. The van der Waals surface area contributed by atoms with Crippen LogP contribution in [0.1, 0.15) is 22.5 Å². The van der Waals surface area contributed by atoms with Gasteiger partial charge in [-0.25, -0.2) is 4.79 Å². The van der Waals surface area contributed by atoms with Gasteiger partial charge in [-0.05, 0) is 18.9 Å². The third-order valence-electron chi connectivity index (χ3n) is 3.45. The van der Waals surface area contributed by atoms with Crippen LogP contribution >= 0.6 is 11.3 Å². The van der Waals surface area contributed by atoms with Crippen LogP contribution in [0.3, 0.4) is 0 Å². The molecule has 1 amide bonds. The number of thiophene rings is 1. The molecule has 0 unspecified atom stereocenters. The first kappa shape index (κ1) is 13.1. The summed E-state index contributed by atoms with van der Waals surface area (Å²) in [5, 5.41) is 3.63. The Kier molecular flexibility index (Phi) is 2.99. The molecule has 1 aliphatic carbocycles. The molecule has 104 valence electrons. The van der Waals surface area contributed by atoms with Gasteiger partial charge in [0.1, 0.15) is 4.88 Å². The SMILES string of the molecule is COC(=O)c1sc2ccccc2c1NC(=O)C1(N)CC1. The maximum atomic E-state index is 12.1. The van der Waals surface area contributed by atoms with E-state index in [1.54, 1.807) is 0 Å². The fourth-order valence-electron chi connectivity index (χ4n) is 2.01. The molecule has 0 atom stereocenters. The number of carbonyl (C=O) groups excluding carboxylic acids is 2. The van der Waals surface area contributed by atoms with E-state index >= 15 is 0 Å². The molecular formula is C14H14N2O3S. The van der Waals surface area contributed by atoms with E-state index in [-0.39, 0.29) is 5.91 Å². The van der Waals surface area contributed by atoms with Gasteiger partial charge in [-0.2, -0.15) is 0 Å². The number of carbonyl (C=O) groups is 2. The second-order valence-electron chi connectivity index (χ2n) is 4.90. The number of hydrogen-bond acceptors (Lipinski definition) is 5. The van der Waals surface area contributed by atoms with Crippen molar-refractivity contribution in [1.29, 1.82) is 0 Å². The Bertz CT molecular complexity index is 704. The molecule has 0 spiro atoms. The maximum absolute atomic E-state index is 12.1. The molecule has 0 aliphatic heterocycles. The Morgan fingerprint density at radius 3 is 2.70 bits per heavy atom. The lowest BCUT2D eigenvalue weighted by Crippen LogP contribution is -2.38. The van der Waals surface area contributed by atoms with Crippen molar-refractivity contribution in [3.63, 3.8) is 0 Å². The first-order chi connectivity index (χ1) is 9.55. The van der Waals surface area contributed by atoms with Crippen molar-refractivity contribution >= 4 is 39.0 Å². The maximum Gasteiger partial charge on any atom is 0.350 e. The van der Waals surface area contributed by atoms with Crippen LogP contribution < -0.4 is 11.1 Å². The van der Waals surface area contributed by atoms with Crippen LogP contribution in [-0.4, -0.2) is 24.5 Å². The highest BCUT2D eigenvalue weighted by Gasteiger charge is 2.46. The predicted molar refractivity (Wildman–Crippen MR) is 77.9 cm³/mol. The minimum atomic E-state index is -0.781. The number of fused-ring (bicyclic) bond motifs is 1. The number of nitrogens with two attached hydrogens (primary N) is 1. The topological polar surface area (TPSA) is 81.4 Å². The first-order valence-electron chi connectivity index (χ1n) is 6.25. The van der Waals surface area contributed by atoms with Gasteiger partial charge >= 0.3 is 5.97 Å². The summed E-state index contributed by atoms with van der Waals surface area (Å²) in [7, 11) is 1.32. The highest BCUT2D eigenvalue weighted by Crippen LogP contribution is 2.39. The smallest absolute Gasteiger partial charge is 0.350 e. The minimum absolute atomic E-state index is 0.244. The summed E-state index contributed by atoms with van der Waals surface area (Å²) in [6.07, 6.45) is 1.35. The molecule has 3 N–H and O–H groups in total. The van der Waals surface area contributed by atoms with Crippen LogP contribution in [0.25, 0.3) is 10.1 Å². The van der Waals surface area contributed by atoms with Gasteiger partial charge in [0.25, 0.3) is 0 Å². The Labute approximate surface area is 119 Å². The van der Waals surface area contributed by atoms with Crippen LogP contribution in [0, 0.1) is 0 Å². The van der Waals surface area contributed by atoms with E-state index in [0.29, 0.717) is 23.4 Å². The van der Waals surface area contributed by atoms with Gasteiger partial charge in [0, 0.05) is 10.1 Å². The van der Waals surface area contributed by atoms with E-state index in [0.717, 1.165) is 10.1 Å². The second kappa shape index (κ2) is 4.57. The summed E-state index contributed by atoms with van der Waals surface area (Å²) in [4.78, 5) is 24.4. The lowest BCUT2D eigenvalue weighted by Gasteiger charge is -2.10. The molecule has 2 aromatic rings. The second-order valence-corrected chi connectivity index (χ2v) is 5.96. The number of ether oxygens (including phenoxy) is 1. The number of nitrogens with one attached hydrogen (secondary N) is 1. The number of hydrogen-bond donors (Lipinski definition) is 2. The quantitative estimate of drug-likeness (QED) is 0.848. The zero-order valence-electron chi connectivity index (χ0n) is 10.9. The Morgan fingerprint density at radius 2 is 2.05 bits per heavy atom. The van der Waals surface area contributed by atoms with Crippen molar-refractivity contribution in [2.45, 2.75) is 18.4 Å². The molecule has 1 aromatic heterocycles. The molecule has 1 aromatic carbocycles. The molecule has 1 heterocycles. The lowest BCUT2D eigenvalue weighted by atomic mass is 10.2. The largest absolute Gasteiger partial charge is 0.465 e. The van der Waals surface area contributed by atoms with Crippen molar-refractivity contribution in [1.82, 2.24) is 0 Å². The van der Waals surface area contributed by atoms with Gasteiger partial charge < -0.3 is 15.8 Å². The Balaban J connectivity index is 2.06. The zero-order valence-corrected chi connectivity index (χ0v) is 11.8. The molecule has 1 fully saturated rings. The van der Waals surface area contributed by atoms with Crippen molar-refractivity contribution in [3.8, 4) is 0 Å². The van der Waals surface area contributed by atoms with Crippen LogP contribution in [-0.2, 0) is 9.53 Å². The monoisotopic (exact) mass is 290 g/mol. The van der Waals surface area contributed by atoms with Gasteiger partial charge in [0.05, 0.1) is 18.3 Å². The number of anilines is 1. The van der Waals surface area contributed by atoms with Crippen LogP contribution in [0.15, 0.2) is 24.3 Å². The fraction of sp³-hybridized carbons (Fsp3) is 0.286. The summed E-state index contributed by atoms with van der Waals surface area (Å²) in [6.45, 7) is 0. The van der Waals surface area contributed by atoms with Crippen molar-refractivity contribution < 1.29 is 14.3 Å². The van der Waals surface area contributed by atoms with Gasteiger partial charge in [0.15, 0.2) is 0 Å². The van der Waals surface area contributed by atoms with Crippen molar-refractivity contribution in [2.75, 3.05) is 12.4 Å². The van der Waals surface area contributed by atoms with E-state index < -0.39 is 11.5 Å². The number of benzene rings is 1. The van der Waals surface area contributed by atoms with Crippen LogP contribution in [0.4, 0.5) is 5.69 Å². The summed E-state index contributed by atoms with van der Waals surface area (Å²) in [5.74, 6) is -0.699. The van der Waals surface area contributed by atoms with E-state index in [2.05, 4.69) is 5.32 Å². The van der Waals surface area contributed by atoms with Gasteiger partial charge in [-0.1, -0.05) is 18.2 Å². The van der Waals surface area contributed by atoms with Crippen molar-refractivity contribution in [3.05, 3.63) is 29.1 Å². The number of rotatable bonds is 3. The van der Waals surface area contributed by atoms with E-state index in [1.165, 1.54) is 18.4 Å². The van der Waals surface area contributed by atoms with E-state index in [4.69, 9.17) is 10.5 Å². The molecule has 5 nitrogen and oxygen atoms in total. The molecule has 20 heavy (non-hydrogen) atoms. The standard InChI is InChI=1S/C14H14N2O3S/c1-19-12(17)11-10(16-13(18)14(15)6-7-14)8-4-2-3-5-9(8)20-11/h2-5H,6-7,15H2,1H3,(H,16,18). The summed E-state index contributed by atoms with van der Waals surface area (Å²) in [5.41, 5.74) is 5.60. The first-order valence-corrected chi connectivity index (χ1v) is 7.07.